The Balaban J connectivity index is 1.71. The van der Waals surface area contributed by atoms with E-state index in [0.717, 1.165) is 41.2 Å². The Bertz CT molecular complexity index is 1080. The van der Waals surface area contributed by atoms with Crippen LogP contribution in [0.5, 0.6) is 0 Å². The van der Waals surface area contributed by atoms with E-state index in [4.69, 9.17) is 9.51 Å². The van der Waals surface area contributed by atoms with Crippen LogP contribution in [-0.4, -0.2) is 43.7 Å². The SMILES string of the molecule is Cc1noc(C)c1-c1nc(N(C)CCc2ccccn2)ncc1-c1cnccn1. The van der Waals surface area contributed by atoms with Crippen LogP contribution >= 0.6 is 0 Å². The number of nitrogens with zero attached hydrogens (tertiary/aromatic N) is 7. The normalized spacial score (nSPS) is 10.9. The van der Waals surface area contributed by atoms with Crippen molar-refractivity contribution in [3.05, 3.63) is 66.3 Å². The molecule has 4 heterocycles. The summed E-state index contributed by atoms with van der Waals surface area (Å²) in [4.78, 5) is 24.4. The van der Waals surface area contributed by atoms with Crippen molar-refractivity contribution in [2.75, 3.05) is 18.5 Å². The van der Waals surface area contributed by atoms with E-state index >= 15 is 0 Å². The number of hydrogen-bond acceptors (Lipinski definition) is 8. The zero-order valence-corrected chi connectivity index (χ0v) is 16.6. The highest BCUT2D eigenvalue weighted by Gasteiger charge is 2.21. The Morgan fingerprint density at radius 2 is 1.90 bits per heavy atom. The van der Waals surface area contributed by atoms with Crippen LogP contribution in [0.2, 0.25) is 0 Å². The van der Waals surface area contributed by atoms with Crippen molar-refractivity contribution >= 4 is 5.95 Å². The number of pyridine rings is 1. The molecule has 4 rings (SSSR count). The van der Waals surface area contributed by atoms with E-state index in [1.54, 1.807) is 31.0 Å². The average molecular weight is 387 g/mol. The lowest BCUT2D eigenvalue weighted by molar-refractivity contribution is 0.393. The Morgan fingerprint density at radius 1 is 1.00 bits per heavy atom. The summed E-state index contributed by atoms with van der Waals surface area (Å²) in [5, 5.41) is 4.08. The number of aromatic nitrogens is 6. The average Bonchev–Trinajstić information content (AvgIpc) is 3.11. The molecule has 0 spiro atoms. The smallest absolute Gasteiger partial charge is 0.225 e. The van der Waals surface area contributed by atoms with Crippen LogP contribution in [0.3, 0.4) is 0 Å². The van der Waals surface area contributed by atoms with Crippen LogP contribution in [0.4, 0.5) is 5.95 Å². The van der Waals surface area contributed by atoms with Crippen molar-refractivity contribution in [1.29, 1.82) is 0 Å². The van der Waals surface area contributed by atoms with Crippen LogP contribution in [0, 0.1) is 13.8 Å². The molecule has 4 aromatic heterocycles. The molecular weight excluding hydrogens is 366 g/mol. The fraction of sp³-hybridized carbons (Fsp3) is 0.238. The molecule has 146 valence electrons. The highest BCUT2D eigenvalue weighted by molar-refractivity contribution is 5.80. The minimum absolute atomic E-state index is 0.614. The van der Waals surface area contributed by atoms with Gasteiger partial charge in [-0.15, -0.1) is 0 Å². The highest BCUT2D eigenvalue weighted by atomic mass is 16.5. The molecule has 0 radical (unpaired) electrons. The monoisotopic (exact) mass is 387 g/mol. The summed E-state index contributed by atoms with van der Waals surface area (Å²) in [6, 6.07) is 5.92. The summed E-state index contributed by atoms with van der Waals surface area (Å²) in [5.74, 6) is 1.32. The van der Waals surface area contributed by atoms with Crippen LogP contribution in [0.1, 0.15) is 17.1 Å². The summed E-state index contributed by atoms with van der Waals surface area (Å²) in [6.45, 7) is 4.52. The van der Waals surface area contributed by atoms with Crippen molar-refractivity contribution in [2.45, 2.75) is 20.3 Å². The lowest BCUT2D eigenvalue weighted by Gasteiger charge is -2.18. The molecule has 0 fully saturated rings. The predicted octanol–water partition coefficient (Wildman–Crippen LogP) is 3.28. The first-order valence-corrected chi connectivity index (χ1v) is 9.31. The van der Waals surface area contributed by atoms with Gasteiger partial charge in [-0.25, -0.2) is 9.97 Å². The maximum Gasteiger partial charge on any atom is 0.225 e. The number of anilines is 1. The van der Waals surface area contributed by atoms with E-state index in [2.05, 4.69) is 25.1 Å². The molecule has 0 bridgehead atoms. The molecule has 8 nitrogen and oxygen atoms in total. The van der Waals surface area contributed by atoms with Crippen molar-refractivity contribution < 1.29 is 4.52 Å². The molecule has 0 amide bonds. The van der Waals surface area contributed by atoms with E-state index in [1.165, 1.54) is 0 Å². The molecule has 0 saturated carbocycles. The second-order valence-electron chi connectivity index (χ2n) is 6.71. The molecule has 4 aromatic rings. The van der Waals surface area contributed by atoms with Crippen molar-refractivity contribution in [1.82, 2.24) is 30.1 Å². The molecule has 29 heavy (non-hydrogen) atoms. The Morgan fingerprint density at radius 3 is 2.59 bits per heavy atom. The predicted molar refractivity (Wildman–Crippen MR) is 109 cm³/mol. The molecule has 0 N–H and O–H groups in total. The first-order valence-electron chi connectivity index (χ1n) is 9.31. The number of likely N-dealkylation sites (N-methyl/N-ethyl adjacent to an activating group) is 1. The Labute approximate surface area is 168 Å². The standard InChI is InChI=1S/C21H21N7O/c1-14-19(15(2)29-27-14)20-17(18-13-22-9-10-24-18)12-25-21(26-20)28(3)11-7-16-6-4-5-8-23-16/h4-6,8-10,12-13H,7,11H2,1-3H3. The molecule has 0 aliphatic heterocycles. The van der Waals surface area contributed by atoms with E-state index in [9.17, 15) is 0 Å². The van der Waals surface area contributed by atoms with Crippen LogP contribution < -0.4 is 4.90 Å². The van der Waals surface area contributed by atoms with Gasteiger partial charge in [-0.2, -0.15) is 0 Å². The maximum absolute atomic E-state index is 5.38. The first-order chi connectivity index (χ1) is 14.1. The minimum atomic E-state index is 0.614. The van der Waals surface area contributed by atoms with Crippen molar-refractivity contribution in [2.24, 2.45) is 0 Å². The highest BCUT2D eigenvalue weighted by Crippen LogP contribution is 2.33. The molecule has 0 aliphatic rings. The van der Waals surface area contributed by atoms with Gasteiger partial charge in [0, 0.05) is 56.1 Å². The van der Waals surface area contributed by atoms with E-state index in [0.29, 0.717) is 17.4 Å². The molecule has 0 atom stereocenters. The molecule has 0 saturated heterocycles. The van der Waals surface area contributed by atoms with Crippen LogP contribution in [-0.2, 0) is 6.42 Å². The van der Waals surface area contributed by atoms with E-state index in [-0.39, 0.29) is 0 Å². The third-order valence-electron chi connectivity index (χ3n) is 4.66. The zero-order valence-electron chi connectivity index (χ0n) is 16.6. The number of hydrogen-bond donors (Lipinski definition) is 0. The minimum Gasteiger partial charge on any atom is -0.361 e. The van der Waals surface area contributed by atoms with E-state index in [1.807, 2.05) is 44.0 Å². The van der Waals surface area contributed by atoms with Gasteiger partial charge >= 0.3 is 0 Å². The van der Waals surface area contributed by atoms with Gasteiger partial charge in [-0.3, -0.25) is 15.0 Å². The third kappa shape index (κ3) is 3.96. The molecule has 0 aliphatic carbocycles. The lowest BCUT2D eigenvalue weighted by atomic mass is 10.0. The molecule has 0 unspecified atom stereocenters. The largest absolute Gasteiger partial charge is 0.361 e. The first kappa shape index (κ1) is 18.7. The Hall–Kier alpha value is -3.68. The number of aryl methyl sites for hydroxylation is 2. The van der Waals surface area contributed by atoms with Gasteiger partial charge in [0.1, 0.15) is 5.76 Å². The van der Waals surface area contributed by atoms with Gasteiger partial charge in [0.2, 0.25) is 5.95 Å². The van der Waals surface area contributed by atoms with Gasteiger partial charge < -0.3 is 9.42 Å². The summed E-state index contributed by atoms with van der Waals surface area (Å²) < 4.78 is 5.38. The molecular formula is C21H21N7O. The molecule has 0 aromatic carbocycles. The van der Waals surface area contributed by atoms with Gasteiger partial charge in [-0.05, 0) is 26.0 Å². The van der Waals surface area contributed by atoms with Crippen LogP contribution in [0.15, 0.2) is 53.7 Å². The summed E-state index contributed by atoms with van der Waals surface area (Å²) in [5.41, 5.74) is 4.87. The van der Waals surface area contributed by atoms with Gasteiger partial charge in [0.05, 0.1) is 28.8 Å². The fourth-order valence-corrected chi connectivity index (χ4v) is 3.12. The van der Waals surface area contributed by atoms with E-state index < -0.39 is 0 Å². The van der Waals surface area contributed by atoms with Gasteiger partial charge in [0.25, 0.3) is 0 Å². The number of rotatable bonds is 6. The summed E-state index contributed by atoms with van der Waals surface area (Å²) >= 11 is 0. The fourth-order valence-electron chi connectivity index (χ4n) is 3.12. The van der Waals surface area contributed by atoms with Crippen molar-refractivity contribution in [3.8, 4) is 22.5 Å². The maximum atomic E-state index is 5.38. The summed E-state index contributed by atoms with van der Waals surface area (Å²) in [7, 11) is 1.97. The molecule has 8 heteroatoms. The zero-order chi connectivity index (χ0) is 20.2. The van der Waals surface area contributed by atoms with Crippen LogP contribution in [0.25, 0.3) is 22.5 Å². The second-order valence-corrected chi connectivity index (χ2v) is 6.71. The van der Waals surface area contributed by atoms with Crippen molar-refractivity contribution in [3.63, 3.8) is 0 Å². The van der Waals surface area contributed by atoms with Gasteiger partial charge in [-0.1, -0.05) is 11.2 Å². The topological polar surface area (TPSA) is 93.7 Å². The lowest BCUT2D eigenvalue weighted by Crippen LogP contribution is -2.23. The quantitative estimate of drug-likeness (QED) is 0.497. The second kappa shape index (κ2) is 8.14. The third-order valence-corrected chi connectivity index (χ3v) is 4.66. The summed E-state index contributed by atoms with van der Waals surface area (Å²) in [6.07, 6.45) is 9.37. The van der Waals surface area contributed by atoms with Gasteiger partial charge in [0.15, 0.2) is 0 Å². The Kier molecular flexibility index (Phi) is 5.24.